The number of nitrogens with one attached hydrogen (secondary N) is 2. The van der Waals surface area contributed by atoms with Crippen LogP contribution in [0.4, 0.5) is 14.6 Å². The molecule has 0 spiro atoms. The van der Waals surface area contributed by atoms with Crippen molar-refractivity contribution < 1.29 is 23.1 Å². The quantitative estimate of drug-likeness (QED) is 0.636. The number of amides is 2. The predicted octanol–water partition coefficient (Wildman–Crippen LogP) is 3.82. The zero-order chi connectivity index (χ0) is 22.5. The first kappa shape index (κ1) is 22.9. The molecule has 7 nitrogen and oxygen atoms in total. The Morgan fingerprint density at radius 1 is 1.30 bits per heavy atom. The number of hydrogen-bond donors (Lipinski definition) is 2. The minimum atomic E-state index is -2.95. The van der Waals surface area contributed by atoms with E-state index in [0.717, 1.165) is 6.92 Å². The van der Waals surface area contributed by atoms with E-state index >= 15 is 0 Å². The standard InChI is InChI=1S/C21H24F2N4O3/c1-12(2)19(28)27-17-9-16(8-13(3)25-17)20(29)26-14(4)15-6-7-18(24-10-15)30-11-21(5,22)23/h6-10,14H,1,11H2,2-5H3,(H,26,29)(H,25,27,28). The minimum absolute atomic E-state index is 0.0708. The lowest BCUT2D eigenvalue weighted by atomic mass is 10.1. The molecule has 0 bridgehead atoms. The normalized spacial score (nSPS) is 12.1. The molecule has 2 amide bonds. The van der Waals surface area contributed by atoms with E-state index in [1.165, 1.54) is 18.3 Å². The molecule has 1 atom stereocenters. The highest BCUT2D eigenvalue weighted by Crippen LogP contribution is 2.19. The van der Waals surface area contributed by atoms with Gasteiger partial charge in [-0.3, -0.25) is 9.59 Å². The molecule has 1 unspecified atom stereocenters. The molecule has 0 aliphatic heterocycles. The highest BCUT2D eigenvalue weighted by atomic mass is 19.3. The molecule has 2 rings (SSSR count). The van der Waals surface area contributed by atoms with Gasteiger partial charge in [0.1, 0.15) is 5.82 Å². The van der Waals surface area contributed by atoms with Crippen molar-refractivity contribution in [2.45, 2.75) is 39.7 Å². The van der Waals surface area contributed by atoms with Crippen LogP contribution in [0.15, 0.2) is 42.6 Å². The molecule has 0 aliphatic rings. The number of hydrogen-bond acceptors (Lipinski definition) is 5. The van der Waals surface area contributed by atoms with Gasteiger partial charge in [-0.05, 0) is 38.5 Å². The average Bonchev–Trinajstić information content (AvgIpc) is 2.65. The van der Waals surface area contributed by atoms with Gasteiger partial charge in [-0.2, -0.15) is 0 Å². The van der Waals surface area contributed by atoms with Crippen molar-refractivity contribution in [3.63, 3.8) is 0 Å². The van der Waals surface area contributed by atoms with Gasteiger partial charge in [0.25, 0.3) is 17.7 Å². The summed E-state index contributed by atoms with van der Waals surface area (Å²) in [6.07, 6.45) is 1.45. The van der Waals surface area contributed by atoms with Crippen LogP contribution >= 0.6 is 0 Å². The summed E-state index contributed by atoms with van der Waals surface area (Å²) < 4.78 is 30.6. The summed E-state index contributed by atoms with van der Waals surface area (Å²) in [5, 5.41) is 5.41. The van der Waals surface area contributed by atoms with Crippen LogP contribution in [0.5, 0.6) is 5.88 Å². The third-order valence-corrected chi connectivity index (χ3v) is 3.93. The van der Waals surface area contributed by atoms with Gasteiger partial charge in [-0.25, -0.2) is 18.7 Å². The van der Waals surface area contributed by atoms with E-state index in [2.05, 4.69) is 27.2 Å². The summed E-state index contributed by atoms with van der Waals surface area (Å²) >= 11 is 0. The second-order valence-electron chi connectivity index (χ2n) is 7.10. The molecule has 0 fully saturated rings. The Labute approximate surface area is 173 Å². The van der Waals surface area contributed by atoms with Crippen LogP contribution in [0.1, 0.15) is 48.4 Å². The van der Waals surface area contributed by atoms with Crippen LogP contribution < -0.4 is 15.4 Å². The maximum atomic E-state index is 12.9. The third kappa shape index (κ3) is 6.91. The zero-order valence-corrected chi connectivity index (χ0v) is 17.3. The topological polar surface area (TPSA) is 93.2 Å². The fraction of sp³-hybridized carbons (Fsp3) is 0.333. The lowest BCUT2D eigenvalue weighted by Crippen LogP contribution is -2.27. The first-order valence-electron chi connectivity index (χ1n) is 9.17. The van der Waals surface area contributed by atoms with Crippen molar-refractivity contribution in [2.75, 3.05) is 11.9 Å². The number of alkyl halides is 2. The van der Waals surface area contributed by atoms with Gasteiger partial charge in [0, 0.05) is 36.0 Å². The molecule has 2 heterocycles. The summed E-state index contributed by atoms with van der Waals surface area (Å²) in [5.41, 5.74) is 1.87. The maximum absolute atomic E-state index is 12.9. The summed E-state index contributed by atoms with van der Waals surface area (Å²) in [6, 6.07) is 5.76. The van der Waals surface area contributed by atoms with E-state index in [1.54, 1.807) is 32.9 Å². The molecule has 2 aromatic heterocycles. The minimum Gasteiger partial charge on any atom is -0.471 e. The molecule has 2 aromatic rings. The van der Waals surface area contributed by atoms with Crippen molar-refractivity contribution in [1.29, 1.82) is 0 Å². The second kappa shape index (κ2) is 9.43. The molecule has 9 heteroatoms. The van der Waals surface area contributed by atoms with Crippen molar-refractivity contribution in [3.8, 4) is 5.88 Å². The first-order chi connectivity index (χ1) is 13.9. The number of pyridine rings is 2. The highest BCUT2D eigenvalue weighted by molar-refractivity contribution is 6.03. The molecule has 2 N–H and O–H groups in total. The van der Waals surface area contributed by atoms with Crippen molar-refractivity contribution >= 4 is 17.6 Å². The predicted molar refractivity (Wildman–Crippen MR) is 109 cm³/mol. The Balaban J connectivity index is 2.05. The van der Waals surface area contributed by atoms with E-state index in [4.69, 9.17) is 4.74 Å². The molecular formula is C21H24F2N4O3. The lowest BCUT2D eigenvalue weighted by molar-refractivity contribution is -0.112. The number of carbonyl (C=O) groups is 2. The summed E-state index contributed by atoms with van der Waals surface area (Å²) in [6.45, 7) is 8.59. The van der Waals surface area contributed by atoms with Gasteiger partial charge >= 0.3 is 0 Å². The van der Waals surface area contributed by atoms with Crippen molar-refractivity contribution in [3.05, 3.63) is 59.4 Å². The monoisotopic (exact) mass is 418 g/mol. The SMILES string of the molecule is C=C(C)C(=O)Nc1cc(C(=O)NC(C)c2ccc(OCC(C)(F)F)nc2)cc(C)n1. The number of aryl methyl sites for hydroxylation is 1. The summed E-state index contributed by atoms with van der Waals surface area (Å²) in [5.74, 6) is -3.39. The molecular weight excluding hydrogens is 394 g/mol. The van der Waals surface area contributed by atoms with Crippen molar-refractivity contribution in [2.24, 2.45) is 0 Å². The Kier molecular flexibility index (Phi) is 7.20. The van der Waals surface area contributed by atoms with Gasteiger partial charge in [0.2, 0.25) is 5.88 Å². The van der Waals surface area contributed by atoms with Gasteiger partial charge in [-0.15, -0.1) is 0 Å². The molecule has 0 saturated heterocycles. The zero-order valence-electron chi connectivity index (χ0n) is 17.3. The number of ether oxygens (including phenoxy) is 1. The van der Waals surface area contributed by atoms with Crippen LogP contribution in [-0.4, -0.2) is 34.3 Å². The highest BCUT2D eigenvalue weighted by Gasteiger charge is 2.22. The van der Waals surface area contributed by atoms with Crippen LogP contribution in [0.25, 0.3) is 0 Å². The Morgan fingerprint density at radius 2 is 2.00 bits per heavy atom. The van der Waals surface area contributed by atoms with E-state index in [0.29, 0.717) is 22.4 Å². The van der Waals surface area contributed by atoms with E-state index in [9.17, 15) is 18.4 Å². The van der Waals surface area contributed by atoms with Gasteiger partial charge < -0.3 is 15.4 Å². The van der Waals surface area contributed by atoms with E-state index in [1.807, 2.05) is 0 Å². The number of carbonyl (C=O) groups excluding carboxylic acids is 2. The fourth-order valence-electron chi connectivity index (χ4n) is 2.38. The molecule has 0 radical (unpaired) electrons. The molecule has 160 valence electrons. The van der Waals surface area contributed by atoms with Crippen LogP contribution in [0.3, 0.4) is 0 Å². The van der Waals surface area contributed by atoms with Crippen LogP contribution in [0, 0.1) is 6.92 Å². The Hall–Kier alpha value is -3.36. The van der Waals surface area contributed by atoms with Gasteiger partial charge in [0.05, 0.1) is 6.04 Å². The summed E-state index contributed by atoms with van der Waals surface area (Å²) in [7, 11) is 0. The molecule has 0 aromatic carbocycles. The number of nitrogens with zero attached hydrogens (tertiary/aromatic N) is 2. The Morgan fingerprint density at radius 3 is 2.57 bits per heavy atom. The van der Waals surface area contributed by atoms with Gasteiger partial charge in [-0.1, -0.05) is 12.6 Å². The number of halogens is 2. The number of anilines is 1. The average molecular weight is 418 g/mol. The van der Waals surface area contributed by atoms with Crippen LogP contribution in [-0.2, 0) is 4.79 Å². The molecule has 0 saturated carbocycles. The molecule has 0 aliphatic carbocycles. The maximum Gasteiger partial charge on any atom is 0.278 e. The van der Waals surface area contributed by atoms with Crippen LogP contribution in [0.2, 0.25) is 0 Å². The van der Waals surface area contributed by atoms with Gasteiger partial charge in [0.15, 0.2) is 6.61 Å². The number of rotatable bonds is 8. The third-order valence-electron chi connectivity index (χ3n) is 3.93. The smallest absolute Gasteiger partial charge is 0.278 e. The molecule has 30 heavy (non-hydrogen) atoms. The first-order valence-corrected chi connectivity index (χ1v) is 9.17. The second-order valence-corrected chi connectivity index (χ2v) is 7.10. The van der Waals surface area contributed by atoms with Crippen molar-refractivity contribution in [1.82, 2.24) is 15.3 Å². The number of aromatic nitrogens is 2. The fourth-order valence-corrected chi connectivity index (χ4v) is 2.38. The van der Waals surface area contributed by atoms with E-state index < -0.39 is 18.6 Å². The largest absolute Gasteiger partial charge is 0.471 e. The summed E-state index contributed by atoms with van der Waals surface area (Å²) in [4.78, 5) is 32.6. The lowest BCUT2D eigenvalue weighted by Gasteiger charge is -2.16. The Bertz CT molecular complexity index is 940. The van der Waals surface area contributed by atoms with E-state index in [-0.39, 0.29) is 23.5 Å².